The largest absolute Gasteiger partial charge is 0.496 e. The lowest BCUT2D eigenvalue weighted by Crippen LogP contribution is -2.51. The molecule has 0 spiro atoms. The first-order valence-electron chi connectivity index (χ1n) is 8.43. The number of benzene rings is 1. The van der Waals surface area contributed by atoms with Crippen LogP contribution >= 0.6 is 0 Å². The molecule has 3 nitrogen and oxygen atoms in total. The van der Waals surface area contributed by atoms with Crippen molar-refractivity contribution < 1.29 is 27.4 Å². The molecule has 1 aromatic carbocycles. The summed E-state index contributed by atoms with van der Waals surface area (Å²) in [4.78, 5) is 3.94. The highest BCUT2D eigenvalue weighted by atomic mass is 19.4. The smallest absolute Gasteiger partial charge is 0.417 e. The zero-order valence-electron chi connectivity index (χ0n) is 15.7. The molecule has 0 aliphatic rings. The fourth-order valence-corrected chi connectivity index (χ4v) is 3.29. The molecule has 0 saturated heterocycles. The standard InChI is InChI=1S/C20H23F4NO2/c1-13-7-8-25-15(9-13)11-19(26,20(22,23)24)12-18(2,3)16-10-14(21)5-6-17(16)27-4/h5-10,26H,11-12H2,1-4H3. The number of ether oxygens (including phenoxy) is 1. The molecular weight excluding hydrogens is 362 g/mol. The van der Waals surface area contributed by atoms with Gasteiger partial charge >= 0.3 is 6.18 Å². The van der Waals surface area contributed by atoms with E-state index in [0.29, 0.717) is 0 Å². The molecule has 0 aliphatic heterocycles. The Balaban J connectivity index is 2.45. The first-order valence-corrected chi connectivity index (χ1v) is 8.43. The van der Waals surface area contributed by atoms with Gasteiger partial charge in [0.1, 0.15) is 11.6 Å². The Hall–Kier alpha value is -2.15. The number of alkyl halides is 3. The number of hydrogen-bond donors (Lipinski definition) is 1. The average Bonchev–Trinajstić information content (AvgIpc) is 2.53. The Labute approximate surface area is 156 Å². The Morgan fingerprint density at radius 1 is 1.11 bits per heavy atom. The Morgan fingerprint density at radius 2 is 1.78 bits per heavy atom. The second kappa shape index (κ2) is 7.46. The summed E-state index contributed by atoms with van der Waals surface area (Å²) in [6.07, 6.45) is -4.86. The highest BCUT2D eigenvalue weighted by Gasteiger charge is 2.56. The molecule has 27 heavy (non-hydrogen) atoms. The minimum absolute atomic E-state index is 0.136. The monoisotopic (exact) mass is 385 g/mol. The van der Waals surface area contributed by atoms with Crippen molar-refractivity contribution in [3.63, 3.8) is 0 Å². The Bertz CT molecular complexity index is 805. The molecule has 2 rings (SSSR count). The van der Waals surface area contributed by atoms with E-state index in [9.17, 15) is 22.7 Å². The maximum Gasteiger partial charge on any atom is 0.417 e. The Kier molecular flexibility index (Phi) is 5.85. The number of halogens is 4. The predicted molar refractivity (Wildman–Crippen MR) is 94.3 cm³/mol. The van der Waals surface area contributed by atoms with Gasteiger partial charge in [-0.2, -0.15) is 13.2 Å². The number of aliphatic hydroxyl groups is 1. The summed E-state index contributed by atoms with van der Waals surface area (Å²) in [5.74, 6) is -0.325. The summed E-state index contributed by atoms with van der Waals surface area (Å²) in [6, 6.07) is 6.84. The van der Waals surface area contributed by atoms with E-state index in [1.165, 1.54) is 45.4 Å². The molecule has 0 amide bonds. The summed E-state index contributed by atoms with van der Waals surface area (Å²) in [5.41, 5.74) is -3.12. The number of nitrogens with zero attached hydrogens (tertiary/aromatic N) is 1. The van der Waals surface area contributed by atoms with Gasteiger partial charge in [-0.3, -0.25) is 4.98 Å². The van der Waals surface area contributed by atoms with E-state index in [1.807, 2.05) is 0 Å². The molecule has 7 heteroatoms. The lowest BCUT2D eigenvalue weighted by Gasteiger charge is -2.38. The van der Waals surface area contributed by atoms with Crippen LogP contribution in [-0.4, -0.2) is 29.0 Å². The molecule has 1 N–H and O–H groups in total. The summed E-state index contributed by atoms with van der Waals surface area (Å²) >= 11 is 0. The minimum Gasteiger partial charge on any atom is -0.496 e. The van der Waals surface area contributed by atoms with Gasteiger partial charge in [-0.25, -0.2) is 4.39 Å². The van der Waals surface area contributed by atoms with E-state index in [0.717, 1.165) is 11.6 Å². The van der Waals surface area contributed by atoms with Gasteiger partial charge in [0, 0.05) is 23.9 Å². The van der Waals surface area contributed by atoms with Crippen LogP contribution in [0.3, 0.4) is 0 Å². The summed E-state index contributed by atoms with van der Waals surface area (Å²) < 4.78 is 60.3. The van der Waals surface area contributed by atoms with Crippen LogP contribution in [0.25, 0.3) is 0 Å². The third-order valence-electron chi connectivity index (χ3n) is 4.60. The van der Waals surface area contributed by atoms with Crippen molar-refractivity contribution in [3.8, 4) is 5.75 Å². The van der Waals surface area contributed by atoms with Gasteiger partial charge in [0.25, 0.3) is 0 Å². The number of aryl methyl sites for hydroxylation is 1. The van der Waals surface area contributed by atoms with Crippen molar-refractivity contribution in [1.29, 1.82) is 0 Å². The van der Waals surface area contributed by atoms with Crippen LogP contribution in [0.2, 0.25) is 0 Å². The molecule has 0 aliphatic carbocycles. The van der Waals surface area contributed by atoms with E-state index >= 15 is 0 Å². The molecule has 1 heterocycles. The molecule has 0 saturated carbocycles. The van der Waals surface area contributed by atoms with Crippen LogP contribution in [0.5, 0.6) is 5.75 Å². The van der Waals surface area contributed by atoms with Crippen molar-refractivity contribution in [1.82, 2.24) is 4.98 Å². The summed E-state index contributed by atoms with van der Waals surface area (Å²) in [5, 5.41) is 10.6. The number of rotatable bonds is 6. The van der Waals surface area contributed by atoms with E-state index in [4.69, 9.17) is 4.74 Å². The second-order valence-corrected chi connectivity index (χ2v) is 7.44. The number of methoxy groups -OCH3 is 1. The van der Waals surface area contributed by atoms with E-state index < -0.39 is 35.9 Å². The average molecular weight is 385 g/mol. The maximum absolute atomic E-state index is 13.8. The van der Waals surface area contributed by atoms with Gasteiger partial charge < -0.3 is 9.84 Å². The molecule has 1 atom stereocenters. The lowest BCUT2D eigenvalue weighted by atomic mass is 9.73. The van der Waals surface area contributed by atoms with Crippen LogP contribution in [0.15, 0.2) is 36.5 Å². The topological polar surface area (TPSA) is 42.4 Å². The highest BCUT2D eigenvalue weighted by Crippen LogP contribution is 2.45. The molecule has 148 valence electrons. The van der Waals surface area contributed by atoms with Crippen molar-refractivity contribution in [2.45, 2.75) is 50.8 Å². The zero-order valence-corrected chi connectivity index (χ0v) is 15.7. The van der Waals surface area contributed by atoms with Crippen molar-refractivity contribution in [3.05, 3.63) is 59.2 Å². The molecule has 0 radical (unpaired) electrons. The number of aromatic nitrogens is 1. The highest BCUT2D eigenvalue weighted by molar-refractivity contribution is 5.40. The summed E-state index contributed by atoms with van der Waals surface area (Å²) in [7, 11) is 1.36. The van der Waals surface area contributed by atoms with Crippen molar-refractivity contribution >= 4 is 0 Å². The maximum atomic E-state index is 13.8. The zero-order chi connectivity index (χ0) is 20.5. The van der Waals surface area contributed by atoms with Crippen LogP contribution in [0.1, 0.15) is 37.1 Å². The first-order chi connectivity index (χ1) is 12.4. The van der Waals surface area contributed by atoms with Crippen LogP contribution < -0.4 is 4.74 Å². The fourth-order valence-electron chi connectivity index (χ4n) is 3.29. The minimum atomic E-state index is -4.89. The van der Waals surface area contributed by atoms with Gasteiger partial charge in [0.15, 0.2) is 5.60 Å². The van der Waals surface area contributed by atoms with E-state index in [2.05, 4.69) is 4.98 Å². The molecule has 1 unspecified atom stereocenters. The molecular formula is C20H23F4NO2. The molecule has 0 fully saturated rings. The summed E-state index contributed by atoms with van der Waals surface area (Å²) in [6.45, 7) is 4.77. The van der Waals surface area contributed by atoms with Gasteiger partial charge in [-0.15, -0.1) is 0 Å². The predicted octanol–water partition coefficient (Wildman–Crippen LogP) is 4.74. The van der Waals surface area contributed by atoms with Crippen molar-refractivity contribution in [2.75, 3.05) is 7.11 Å². The van der Waals surface area contributed by atoms with Crippen LogP contribution in [-0.2, 0) is 11.8 Å². The second-order valence-electron chi connectivity index (χ2n) is 7.44. The van der Waals surface area contributed by atoms with Crippen molar-refractivity contribution in [2.24, 2.45) is 0 Å². The van der Waals surface area contributed by atoms with E-state index in [1.54, 1.807) is 13.0 Å². The lowest BCUT2D eigenvalue weighted by molar-refractivity contribution is -0.266. The third kappa shape index (κ3) is 4.77. The van der Waals surface area contributed by atoms with Gasteiger partial charge in [0.05, 0.1) is 7.11 Å². The fraction of sp³-hybridized carbons (Fsp3) is 0.450. The van der Waals surface area contributed by atoms with Crippen LogP contribution in [0.4, 0.5) is 17.6 Å². The Morgan fingerprint density at radius 3 is 2.33 bits per heavy atom. The van der Waals surface area contributed by atoms with Gasteiger partial charge in [0.2, 0.25) is 0 Å². The quantitative estimate of drug-likeness (QED) is 0.731. The molecule has 2 aromatic rings. The molecule has 1 aromatic heterocycles. The van der Waals surface area contributed by atoms with Gasteiger partial charge in [-0.1, -0.05) is 13.8 Å². The van der Waals surface area contributed by atoms with Crippen LogP contribution in [0, 0.1) is 12.7 Å². The number of hydrogen-bond acceptors (Lipinski definition) is 3. The number of pyridine rings is 1. The molecule has 0 bridgehead atoms. The van der Waals surface area contributed by atoms with E-state index in [-0.39, 0.29) is 17.0 Å². The normalized spacial score (nSPS) is 14.7. The SMILES string of the molecule is COc1ccc(F)cc1C(C)(C)CC(O)(Cc1cc(C)ccn1)C(F)(F)F. The van der Waals surface area contributed by atoms with Gasteiger partial charge in [-0.05, 0) is 54.7 Å². The first kappa shape index (κ1) is 21.2. The third-order valence-corrected chi connectivity index (χ3v) is 4.60.